The van der Waals surface area contributed by atoms with Crippen LogP contribution in [0.25, 0.3) is 0 Å². The second-order valence-corrected chi connectivity index (χ2v) is 7.72. The van der Waals surface area contributed by atoms with Gasteiger partial charge in [0.25, 0.3) is 0 Å². The number of rotatable bonds is 5. The highest BCUT2D eigenvalue weighted by Gasteiger charge is 2.70. The van der Waals surface area contributed by atoms with E-state index < -0.39 is 31.0 Å². The lowest BCUT2D eigenvalue weighted by Crippen LogP contribution is -2.33. The molecule has 2 bridgehead atoms. The molecule has 0 fully saturated rings. The molecule has 0 aromatic heterocycles. The number of hydrogen-bond acceptors (Lipinski definition) is 8. The molecule has 2 aliphatic heterocycles. The molecule has 8 nitrogen and oxygen atoms in total. The topological polar surface area (TPSA) is 97.4 Å². The molecular formula is C16H17O8P. The average Bonchev–Trinajstić information content (AvgIpc) is 3.19. The molecule has 2 heterocycles. The summed E-state index contributed by atoms with van der Waals surface area (Å²) < 4.78 is 39.3. The van der Waals surface area contributed by atoms with E-state index >= 15 is 0 Å². The minimum atomic E-state index is -4.05. The Bertz CT molecular complexity index is 821. The van der Waals surface area contributed by atoms with Crippen LogP contribution in [0.1, 0.15) is 17.2 Å². The van der Waals surface area contributed by atoms with Crippen molar-refractivity contribution in [3.63, 3.8) is 0 Å². The molecule has 0 radical (unpaired) electrons. The molecule has 2 unspecified atom stereocenters. The molecule has 1 aromatic rings. The molecule has 134 valence electrons. The van der Waals surface area contributed by atoms with E-state index in [0.717, 1.165) is 7.11 Å². The van der Waals surface area contributed by atoms with Crippen molar-refractivity contribution in [1.82, 2.24) is 0 Å². The summed E-state index contributed by atoms with van der Waals surface area (Å²) in [6, 6.07) is 6.81. The van der Waals surface area contributed by atoms with E-state index in [-0.39, 0.29) is 11.1 Å². The number of fused-ring (bicyclic) bond motifs is 5. The van der Waals surface area contributed by atoms with Crippen LogP contribution < -0.4 is 0 Å². The van der Waals surface area contributed by atoms with E-state index in [1.807, 2.05) is 0 Å². The third kappa shape index (κ3) is 2.09. The Labute approximate surface area is 144 Å². The Hall–Kier alpha value is -1.99. The molecule has 2 aliphatic rings. The fourth-order valence-electron chi connectivity index (χ4n) is 3.40. The number of hydrogen-bond donors (Lipinski definition) is 0. The van der Waals surface area contributed by atoms with Gasteiger partial charge in [0, 0.05) is 19.8 Å². The summed E-state index contributed by atoms with van der Waals surface area (Å²) in [5, 5.41) is -1.89. The maximum Gasteiger partial charge on any atom is 0.371 e. The van der Waals surface area contributed by atoms with Gasteiger partial charge in [-0.2, -0.15) is 0 Å². The van der Waals surface area contributed by atoms with Gasteiger partial charge in [-0.3, -0.25) is 4.57 Å². The summed E-state index contributed by atoms with van der Waals surface area (Å²) >= 11 is 0. The second-order valence-electron chi connectivity index (χ2n) is 5.36. The lowest BCUT2D eigenvalue weighted by atomic mass is 9.85. The number of methoxy groups -OCH3 is 2. The highest BCUT2D eigenvalue weighted by Crippen LogP contribution is 2.76. The highest BCUT2D eigenvalue weighted by atomic mass is 31.2. The van der Waals surface area contributed by atoms with Gasteiger partial charge in [-0.25, -0.2) is 9.59 Å². The minimum Gasteiger partial charge on any atom is -0.466 e. The Morgan fingerprint density at radius 2 is 1.64 bits per heavy atom. The van der Waals surface area contributed by atoms with Crippen molar-refractivity contribution in [3.8, 4) is 0 Å². The molecule has 2 atom stereocenters. The van der Waals surface area contributed by atoms with Gasteiger partial charge in [0.2, 0.25) is 5.34 Å². The van der Waals surface area contributed by atoms with E-state index in [2.05, 4.69) is 0 Å². The van der Waals surface area contributed by atoms with Crippen LogP contribution in [0.5, 0.6) is 0 Å². The molecular weight excluding hydrogens is 351 g/mol. The van der Waals surface area contributed by atoms with Crippen molar-refractivity contribution in [2.24, 2.45) is 0 Å². The number of ether oxygens (including phenoxy) is 3. The summed E-state index contributed by atoms with van der Waals surface area (Å²) in [6.07, 6.45) is -0.934. The third-order valence-electron chi connectivity index (χ3n) is 4.43. The number of carbonyl (C=O) groups excluding carboxylic acids is 2. The first-order chi connectivity index (χ1) is 11.9. The van der Waals surface area contributed by atoms with E-state index in [1.165, 1.54) is 21.3 Å². The van der Waals surface area contributed by atoms with Crippen molar-refractivity contribution in [1.29, 1.82) is 0 Å². The minimum absolute atomic E-state index is 0.0672. The predicted molar refractivity (Wildman–Crippen MR) is 84.6 cm³/mol. The fraction of sp³-hybridized carbons (Fsp3) is 0.375. The zero-order chi connectivity index (χ0) is 18.4. The molecule has 0 N–H and O–H groups in total. The van der Waals surface area contributed by atoms with Crippen LogP contribution in [0, 0.1) is 0 Å². The van der Waals surface area contributed by atoms with Crippen molar-refractivity contribution in [2.45, 2.75) is 11.4 Å². The standard InChI is InChI=1S/C16H17O8P/c1-20-14(17)11-12(15(18)21-2)16(25(19,22-3)23-4)10-8-6-5-7-9(10)13(11)24-16/h5-8,13H,1-4H3. The SMILES string of the molecule is COC(=O)C1=C(C(=O)OC)C2(P(=O)(OC)OC)OC1c1ccccc12. The predicted octanol–water partition coefficient (Wildman–Crippen LogP) is 2.05. The molecule has 0 saturated carbocycles. The number of esters is 2. The summed E-state index contributed by atoms with van der Waals surface area (Å²) in [7, 11) is 0.653. The van der Waals surface area contributed by atoms with Gasteiger partial charge >= 0.3 is 19.5 Å². The molecule has 25 heavy (non-hydrogen) atoms. The van der Waals surface area contributed by atoms with Crippen LogP contribution in [0.15, 0.2) is 35.4 Å². The molecule has 0 saturated heterocycles. The van der Waals surface area contributed by atoms with E-state index in [4.69, 9.17) is 23.3 Å². The van der Waals surface area contributed by atoms with Gasteiger partial charge in [0.15, 0.2) is 0 Å². The maximum absolute atomic E-state index is 13.4. The monoisotopic (exact) mass is 368 g/mol. The first kappa shape index (κ1) is 17.8. The average molecular weight is 368 g/mol. The van der Waals surface area contributed by atoms with Crippen LogP contribution in [-0.2, 0) is 42.8 Å². The molecule has 0 aliphatic carbocycles. The van der Waals surface area contributed by atoms with Crippen LogP contribution in [0.4, 0.5) is 0 Å². The van der Waals surface area contributed by atoms with Crippen LogP contribution in [0.3, 0.4) is 0 Å². The Balaban J connectivity index is 2.42. The maximum atomic E-state index is 13.4. The lowest BCUT2D eigenvalue weighted by Gasteiger charge is -2.33. The summed E-state index contributed by atoms with van der Waals surface area (Å²) in [4.78, 5) is 24.9. The summed E-state index contributed by atoms with van der Waals surface area (Å²) in [5.74, 6) is -1.65. The van der Waals surface area contributed by atoms with E-state index in [9.17, 15) is 14.2 Å². The largest absolute Gasteiger partial charge is 0.466 e. The fourth-order valence-corrected chi connectivity index (χ4v) is 5.29. The highest BCUT2D eigenvalue weighted by molar-refractivity contribution is 7.55. The third-order valence-corrected chi connectivity index (χ3v) is 6.73. The van der Waals surface area contributed by atoms with Gasteiger partial charge in [0.1, 0.15) is 6.10 Å². The van der Waals surface area contributed by atoms with Gasteiger partial charge in [0.05, 0.1) is 25.4 Å². The smallest absolute Gasteiger partial charge is 0.371 e. The lowest BCUT2D eigenvalue weighted by molar-refractivity contribution is -0.139. The quantitative estimate of drug-likeness (QED) is 0.575. The second kappa shape index (κ2) is 6.07. The first-order valence-electron chi connectivity index (χ1n) is 7.32. The molecule has 1 aromatic carbocycles. The molecule has 0 spiro atoms. The van der Waals surface area contributed by atoms with Crippen molar-refractivity contribution in [2.75, 3.05) is 28.4 Å². The number of benzene rings is 1. The van der Waals surface area contributed by atoms with Crippen molar-refractivity contribution >= 4 is 19.5 Å². The summed E-state index contributed by atoms with van der Waals surface area (Å²) in [5.41, 5.74) is 0.727. The van der Waals surface area contributed by atoms with Gasteiger partial charge in [-0.15, -0.1) is 0 Å². The molecule has 9 heteroatoms. The van der Waals surface area contributed by atoms with Crippen molar-refractivity contribution < 1.29 is 37.4 Å². The first-order valence-corrected chi connectivity index (χ1v) is 8.86. The van der Waals surface area contributed by atoms with Gasteiger partial charge in [-0.1, -0.05) is 24.3 Å². The van der Waals surface area contributed by atoms with Gasteiger partial charge < -0.3 is 23.3 Å². The van der Waals surface area contributed by atoms with Crippen LogP contribution >= 0.6 is 7.60 Å². The van der Waals surface area contributed by atoms with Crippen molar-refractivity contribution in [3.05, 3.63) is 46.5 Å². The zero-order valence-electron chi connectivity index (χ0n) is 14.1. The van der Waals surface area contributed by atoms with Gasteiger partial charge in [-0.05, 0) is 5.56 Å². The van der Waals surface area contributed by atoms with E-state index in [0.29, 0.717) is 11.1 Å². The Kier molecular flexibility index (Phi) is 4.33. The van der Waals surface area contributed by atoms with E-state index in [1.54, 1.807) is 24.3 Å². The number of carbonyl (C=O) groups is 2. The Morgan fingerprint density at radius 3 is 2.20 bits per heavy atom. The van der Waals surface area contributed by atoms with Crippen LogP contribution in [-0.4, -0.2) is 40.4 Å². The van der Waals surface area contributed by atoms with Crippen LogP contribution in [0.2, 0.25) is 0 Å². The normalized spacial score (nSPS) is 24.2. The molecule has 3 rings (SSSR count). The zero-order valence-corrected chi connectivity index (χ0v) is 15.0. The molecule has 0 amide bonds. The Morgan fingerprint density at radius 1 is 1.04 bits per heavy atom. The summed E-state index contributed by atoms with van der Waals surface area (Å²) in [6.45, 7) is 0.